The number of benzene rings is 2. The summed E-state index contributed by atoms with van der Waals surface area (Å²) in [6.07, 6.45) is 0. The van der Waals surface area contributed by atoms with Gasteiger partial charge in [-0.2, -0.15) is 5.11 Å². The molecule has 4 N–H and O–H groups in total. The lowest BCUT2D eigenvalue weighted by atomic mass is 10.1. The molecule has 0 saturated heterocycles. The standard InChI is InChI=1S/C17H15N5/c18-16-14(12-7-3-1-4-8-12)11-15(17(19)20-16)22-21-13-9-5-2-6-10-13/h1-11H,(H4,18,19,20)/i2D,5D,6D,9D,10D. The summed E-state index contributed by atoms with van der Waals surface area (Å²) in [5, 5.41) is 7.78. The smallest absolute Gasteiger partial charge is 0.153 e. The molecule has 1 heterocycles. The molecule has 108 valence electrons. The van der Waals surface area contributed by atoms with E-state index in [1.165, 1.54) is 0 Å². The number of rotatable bonds is 3. The number of azo groups is 1. The zero-order valence-electron chi connectivity index (χ0n) is 16.5. The number of aromatic nitrogens is 1. The molecule has 3 aromatic rings. The van der Waals surface area contributed by atoms with E-state index in [1.54, 1.807) is 6.07 Å². The Morgan fingerprint density at radius 1 is 0.909 bits per heavy atom. The van der Waals surface area contributed by atoms with Gasteiger partial charge in [-0.3, -0.25) is 0 Å². The summed E-state index contributed by atoms with van der Waals surface area (Å²) < 4.78 is 38.7. The Hall–Kier alpha value is -3.21. The van der Waals surface area contributed by atoms with E-state index < -0.39 is 30.2 Å². The van der Waals surface area contributed by atoms with Crippen LogP contribution in [-0.2, 0) is 0 Å². The number of anilines is 2. The second-order valence-electron chi connectivity index (χ2n) is 4.37. The number of nitrogen functional groups attached to an aromatic ring is 2. The van der Waals surface area contributed by atoms with Crippen LogP contribution in [-0.4, -0.2) is 4.98 Å². The Morgan fingerprint density at radius 3 is 2.36 bits per heavy atom. The molecule has 2 aromatic carbocycles. The van der Waals surface area contributed by atoms with Gasteiger partial charge in [0.15, 0.2) is 5.82 Å². The van der Waals surface area contributed by atoms with Gasteiger partial charge in [-0.25, -0.2) is 4.98 Å². The summed E-state index contributed by atoms with van der Waals surface area (Å²) in [5.74, 6) is 0.240. The fraction of sp³-hybridized carbons (Fsp3) is 0. The van der Waals surface area contributed by atoms with Crippen LogP contribution in [0.5, 0.6) is 0 Å². The van der Waals surface area contributed by atoms with E-state index in [2.05, 4.69) is 15.2 Å². The molecule has 0 aliphatic rings. The largest absolute Gasteiger partial charge is 0.383 e. The molecule has 0 bridgehead atoms. The van der Waals surface area contributed by atoms with Gasteiger partial charge in [0.2, 0.25) is 0 Å². The number of nitrogens with two attached hydrogens (primary N) is 2. The van der Waals surface area contributed by atoms with Crippen LogP contribution in [0.3, 0.4) is 0 Å². The molecule has 0 radical (unpaired) electrons. The van der Waals surface area contributed by atoms with Gasteiger partial charge in [-0.05, 0) is 23.7 Å². The van der Waals surface area contributed by atoms with Crippen molar-refractivity contribution in [2.24, 2.45) is 10.2 Å². The predicted molar refractivity (Wildman–Crippen MR) is 89.1 cm³/mol. The highest BCUT2D eigenvalue weighted by atomic mass is 15.1. The fourth-order valence-electron chi connectivity index (χ4n) is 1.86. The van der Waals surface area contributed by atoms with E-state index in [4.69, 9.17) is 18.3 Å². The monoisotopic (exact) mass is 294 g/mol. The topological polar surface area (TPSA) is 89.6 Å². The van der Waals surface area contributed by atoms with Crippen molar-refractivity contribution in [1.29, 1.82) is 0 Å². The third-order valence-corrected chi connectivity index (χ3v) is 2.89. The number of nitrogens with zero attached hydrogens (tertiary/aromatic N) is 3. The van der Waals surface area contributed by atoms with E-state index in [0.717, 1.165) is 5.56 Å². The fourth-order valence-corrected chi connectivity index (χ4v) is 1.86. The molecular weight excluding hydrogens is 274 g/mol. The SMILES string of the molecule is [2H]c1c([2H])c([2H])c(N=Nc2cc(-c3ccccc3)c(N)nc2N)c([2H])c1[2H]. The van der Waals surface area contributed by atoms with Crippen LogP contribution in [0.2, 0.25) is 0 Å². The van der Waals surface area contributed by atoms with Crippen molar-refractivity contribution in [3.05, 3.63) is 66.6 Å². The summed E-state index contributed by atoms with van der Waals surface area (Å²) in [6, 6.07) is 8.47. The molecule has 0 aliphatic heterocycles. The van der Waals surface area contributed by atoms with E-state index >= 15 is 0 Å². The predicted octanol–water partition coefficient (Wildman–Crippen LogP) is 4.33. The second kappa shape index (κ2) is 6.05. The minimum atomic E-state index is -0.496. The first-order valence-corrected chi connectivity index (χ1v) is 6.41. The van der Waals surface area contributed by atoms with Gasteiger partial charge >= 0.3 is 0 Å². The third-order valence-electron chi connectivity index (χ3n) is 2.89. The highest BCUT2D eigenvalue weighted by Crippen LogP contribution is 2.32. The van der Waals surface area contributed by atoms with Crippen molar-refractivity contribution in [1.82, 2.24) is 4.98 Å². The van der Waals surface area contributed by atoms with Crippen molar-refractivity contribution < 1.29 is 6.85 Å². The first-order valence-electron chi connectivity index (χ1n) is 8.91. The zero-order valence-corrected chi connectivity index (χ0v) is 11.5. The molecule has 5 heteroatoms. The number of pyridine rings is 1. The molecule has 5 nitrogen and oxygen atoms in total. The van der Waals surface area contributed by atoms with Crippen LogP contribution < -0.4 is 11.5 Å². The number of hydrogen-bond donors (Lipinski definition) is 2. The maximum absolute atomic E-state index is 7.87. The molecule has 0 saturated carbocycles. The first kappa shape index (κ1) is 8.94. The number of hydrogen-bond acceptors (Lipinski definition) is 5. The van der Waals surface area contributed by atoms with Crippen molar-refractivity contribution in [3.8, 4) is 11.1 Å². The lowest BCUT2D eigenvalue weighted by Gasteiger charge is -2.07. The normalized spacial score (nSPS) is 14.1. The average Bonchev–Trinajstić information content (AvgIpc) is 2.67. The van der Waals surface area contributed by atoms with Crippen molar-refractivity contribution in [3.63, 3.8) is 0 Å². The molecule has 1 aromatic heterocycles. The maximum Gasteiger partial charge on any atom is 0.153 e. The van der Waals surface area contributed by atoms with Gasteiger partial charge < -0.3 is 11.5 Å². The third kappa shape index (κ3) is 2.93. The maximum atomic E-state index is 7.87. The lowest BCUT2D eigenvalue weighted by Crippen LogP contribution is -1.99. The highest BCUT2D eigenvalue weighted by Gasteiger charge is 2.09. The van der Waals surface area contributed by atoms with Gasteiger partial charge in [0.1, 0.15) is 11.5 Å². The van der Waals surface area contributed by atoms with Crippen LogP contribution in [0, 0.1) is 0 Å². The molecule has 0 spiro atoms. The van der Waals surface area contributed by atoms with Crippen molar-refractivity contribution in [2.45, 2.75) is 0 Å². The van der Waals surface area contributed by atoms with E-state index in [0.29, 0.717) is 5.56 Å². The molecule has 3 rings (SSSR count). The van der Waals surface area contributed by atoms with Gasteiger partial charge in [0, 0.05) is 5.56 Å². The quantitative estimate of drug-likeness (QED) is 0.704. The van der Waals surface area contributed by atoms with Gasteiger partial charge in [-0.15, -0.1) is 5.11 Å². The van der Waals surface area contributed by atoms with E-state index in [9.17, 15) is 0 Å². The van der Waals surface area contributed by atoms with Gasteiger partial charge in [0.05, 0.1) is 12.5 Å². The Balaban J connectivity index is 2.10. The zero-order chi connectivity index (χ0) is 19.7. The molecule has 0 atom stereocenters. The van der Waals surface area contributed by atoms with E-state index in [1.807, 2.05) is 30.3 Å². The summed E-state index contributed by atoms with van der Waals surface area (Å²) in [6.45, 7) is 0. The molecule has 0 aliphatic carbocycles. The van der Waals surface area contributed by atoms with Crippen molar-refractivity contribution in [2.75, 3.05) is 11.5 Å². The minimum Gasteiger partial charge on any atom is -0.383 e. The molecule has 0 fully saturated rings. The molecular formula is C17H15N5. The van der Waals surface area contributed by atoms with Gasteiger partial charge in [-0.1, -0.05) is 48.5 Å². The summed E-state index contributed by atoms with van der Waals surface area (Å²) in [4.78, 5) is 4.06. The second-order valence-corrected chi connectivity index (χ2v) is 4.37. The summed E-state index contributed by atoms with van der Waals surface area (Å²) >= 11 is 0. The van der Waals surface area contributed by atoms with Crippen molar-refractivity contribution >= 4 is 23.0 Å². The van der Waals surface area contributed by atoms with Crippen LogP contribution in [0.4, 0.5) is 23.0 Å². The Bertz CT molecular complexity index is 1020. The average molecular weight is 294 g/mol. The summed E-state index contributed by atoms with van der Waals surface area (Å²) in [7, 11) is 0. The highest BCUT2D eigenvalue weighted by molar-refractivity contribution is 5.80. The Kier molecular flexibility index (Phi) is 2.46. The Morgan fingerprint density at radius 2 is 1.64 bits per heavy atom. The Labute approximate surface area is 135 Å². The van der Waals surface area contributed by atoms with Crippen LogP contribution in [0.25, 0.3) is 11.1 Å². The van der Waals surface area contributed by atoms with Crippen LogP contribution in [0.1, 0.15) is 6.85 Å². The molecule has 0 amide bonds. The first-order chi connectivity index (χ1) is 12.8. The molecule has 0 unspecified atom stereocenters. The van der Waals surface area contributed by atoms with Crippen LogP contribution in [0.15, 0.2) is 76.8 Å². The molecule has 22 heavy (non-hydrogen) atoms. The lowest BCUT2D eigenvalue weighted by molar-refractivity contribution is 1.21. The van der Waals surface area contributed by atoms with Crippen LogP contribution >= 0.6 is 0 Å². The summed E-state index contributed by atoms with van der Waals surface area (Å²) in [5.41, 5.74) is 13.1. The van der Waals surface area contributed by atoms with E-state index in [-0.39, 0.29) is 23.0 Å². The van der Waals surface area contributed by atoms with Gasteiger partial charge in [0.25, 0.3) is 0 Å². The minimum absolute atomic E-state index is 0.0169.